The number of aromatic nitrogens is 4. The van der Waals surface area contributed by atoms with Gasteiger partial charge in [0, 0.05) is 35.8 Å². The standard InChI is InChI=1S/C33H27FN6O4S/c1-17-38-39-32(44-17)27-23(16-43-19-8-6-18(34)7-9-19)36-30-24-5-3-15-40(24)33(42)29(30)28(27)25-12-13-26(45-25)31(41)37-22-11-10-21-20(22)4-2-14-35-21/h2,4,6-9,12-14,22,24H,3,5,10-11,15-16H2,1H3,(H,37,41)/t22-,24+/m0/s1. The highest BCUT2D eigenvalue weighted by atomic mass is 32.1. The first kappa shape index (κ1) is 27.6. The van der Waals surface area contributed by atoms with Crippen LogP contribution in [0.3, 0.4) is 0 Å². The lowest BCUT2D eigenvalue weighted by molar-refractivity contribution is 0.0776. The van der Waals surface area contributed by atoms with Gasteiger partial charge in [-0.3, -0.25) is 19.6 Å². The van der Waals surface area contributed by atoms with E-state index < -0.39 is 0 Å². The number of ether oxygens (including phenoxy) is 1. The quantitative estimate of drug-likeness (QED) is 0.235. The van der Waals surface area contributed by atoms with Gasteiger partial charge in [0.15, 0.2) is 0 Å². The lowest BCUT2D eigenvalue weighted by atomic mass is 9.95. The molecule has 226 valence electrons. The smallest absolute Gasteiger partial charge is 0.261 e. The Morgan fingerprint density at radius 1 is 1.11 bits per heavy atom. The number of aryl methyl sites for hydroxylation is 2. The number of nitrogens with zero attached hydrogens (tertiary/aromatic N) is 5. The summed E-state index contributed by atoms with van der Waals surface area (Å²) in [4.78, 5) is 40.0. The van der Waals surface area contributed by atoms with Crippen molar-refractivity contribution in [1.82, 2.24) is 30.4 Å². The maximum Gasteiger partial charge on any atom is 0.261 e. The van der Waals surface area contributed by atoms with E-state index in [1.54, 1.807) is 31.3 Å². The number of fused-ring (bicyclic) bond motifs is 4. The van der Waals surface area contributed by atoms with Crippen LogP contribution in [-0.2, 0) is 13.0 Å². The summed E-state index contributed by atoms with van der Waals surface area (Å²) in [5, 5.41) is 11.5. The Hall–Kier alpha value is -4.97. The predicted octanol–water partition coefficient (Wildman–Crippen LogP) is 5.99. The minimum atomic E-state index is -0.367. The van der Waals surface area contributed by atoms with Crippen molar-refractivity contribution in [3.63, 3.8) is 0 Å². The molecule has 0 saturated carbocycles. The first-order valence-corrected chi connectivity index (χ1v) is 15.7. The van der Waals surface area contributed by atoms with Crippen LogP contribution in [0.15, 0.2) is 59.1 Å². The third-order valence-electron chi connectivity index (χ3n) is 8.62. The van der Waals surface area contributed by atoms with Gasteiger partial charge < -0.3 is 19.4 Å². The Balaban J connectivity index is 1.23. The molecule has 10 nitrogen and oxygen atoms in total. The number of pyridine rings is 2. The normalized spacial score (nSPS) is 18.2. The molecule has 6 heterocycles. The number of carbonyl (C=O) groups is 2. The fraction of sp³-hybridized carbons (Fsp3) is 0.273. The summed E-state index contributed by atoms with van der Waals surface area (Å²) in [6.45, 7) is 2.35. The molecule has 0 bridgehead atoms. The van der Waals surface area contributed by atoms with Crippen molar-refractivity contribution in [2.45, 2.75) is 51.3 Å². The molecule has 1 fully saturated rings. The number of thiophene rings is 1. The van der Waals surface area contributed by atoms with Crippen LogP contribution in [0.1, 0.15) is 79.9 Å². The second-order valence-corrected chi connectivity index (χ2v) is 12.4. The number of carbonyl (C=O) groups excluding carboxylic acids is 2. The third kappa shape index (κ3) is 4.76. The van der Waals surface area contributed by atoms with Crippen molar-refractivity contribution in [3.8, 4) is 27.6 Å². The van der Waals surface area contributed by atoms with Gasteiger partial charge >= 0.3 is 0 Å². The highest BCUT2D eigenvalue weighted by Crippen LogP contribution is 2.49. The van der Waals surface area contributed by atoms with Crippen LogP contribution in [0.5, 0.6) is 5.75 Å². The van der Waals surface area contributed by atoms with Crippen molar-refractivity contribution in [3.05, 3.63) is 99.5 Å². The van der Waals surface area contributed by atoms with Crippen molar-refractivity contribution in [1.29, 1.82) is 0 Å². The number of hydrogen-bond donors (Lipinski definition) is 1. The predicted molar refractivity (Wildman–Crippen MR) is 162 cm³/mol. The zero-order valence-electron chi connectivity index (χ0n) is 24.2. The van der Waals surface area contributed by atoms with E-state index in [4.69, 9.17) is 14.1 Å². The van der Waals surface area contributed by atoms with Crippen LogP contribution in [0.4, 0.5) is 4.39 Å². The average molecular weight is 623 g/mol. The van der Waals surface area contributed by atoms with Gasteiger partial charge in [0.05, 0.1) is 39.5 Å². The molecule has 1 saturated heterocycles. The Kier molecular flexibility index (Phi) is 6.67. The summed E-state index contributed by atoms with van der Waals surface area (Å²) in [6, 6.07) is 13.0. The van der Waals surface area contributed by atoms with Gasteiger partial charge in [0.1, 0.15) is 18.2 Å². The molecule has 4 aromatic heterocycles. The number of benzene rings is 1. The van der Waals surface area contributed by atoms with Crippen LogP contribution in [0.2, 0.25) is 0 Å². The summed E-state index contributed by atoms with van der Waals surface area (Å²) in [6.07, 6.45) is 5.07. The molecule has 0 spiro atoms. The molecule has 2 atom stereocenters. The van der Waals surface area contributed by atoms with E-state index in [0.717, 1.165) is 36.9 Å². The van der Waals surface area contributed by atoms with E-state index in [0.29, 0.717) is 56.0 Å². The van der Waals surface area contributed by atoms with Crippen molar-refractivity contribution >= 4 is 23.2 Å². The van der Waals surface area contributed by atoms with Crippen LogP contribution < -0.4 is 10.1 Å². The maximum absolute atomic E-state index is 13.9. The van der Waals surface area contributed by atoms with E-state index in [2.05, 4.69) is 20.5 Å². The van der Waals surface area contributed by atoms with E-state index >= 15 is 0 Å². The summed E-state index contributed by atoms with van der Waals surface area (Å²) in [5.41, 5.74) is 4.81. The molecule has 3 aliphatic rings. The second-order valence-electron chi connectivity index (χ2n) is 11.4. The summed E-state index contributed by atoms with van der Waals surface area (Å²) >= 11 is 1.30. The lowest BCUT2D eigenvalue weighted by Crippen LogP contribution is -2.26. The molecule has 45 heavy (non-hydrogen) atoms. The maximum atomic E-state index is 13.9. The van der Waals surface area contributed by atoms with Gasteiger partial charge in [-0.1, -0.05) is 6.07 Å². The molecule has 1 aliphatic carbocycles. The van der Waals surface area contributed by atoms with E-state index in [-0.39, 0.29) is 42.2 Å². The van der Waals surface area contributed by atoms with Gasteiger partial charge in [0.2, 0.25) is 11.8 Å². The number of hydrogen-bond acceptors (Lipinski definition) is 9. The van der Waals surface area contributed by atoms with Gasteiger partial charge in [0.25, 0.3) is 11.8 Å². The summed E-state index contributed by atoms with van der Waals surface area (Å²) in [7, 11) is 0. The minimum Gasteiger partial charge on any atom is -0.487 e. The molecule has 0 unspecified atom stereocenters. The van der Waals surface area contributed by atoms with E-state index in [1.807, 2.05) is 23.1 Å². The zero-order chi connectivity index (χ0) is 30.7. The molecular weight excluding hydrogens is 595 g/mol. The number of rotatable bonds is 7. The molecule has 12 heteroatoms. The molecule has 5 aromatic rings. The van der Waals surface area contributed by atoms with Crippen LogP contribution >= 0.6 is 11.3 Å². The minimum absolute atomic E-state index is 0.0113. The van der Waals surface area contributed by atoms with Crippen LogP contribution in [-0.4, -0.2) is 43.4 Å². The third-order valence-corrected chi connectivity index (χ3v) is 9.73. The van der Waals surface area contributed by atoms with Crippen molar-refractivity contribution in [2.75, 3.05) is 6.54 Å². The molecule has 2 amide bonds. The largest absolute Gasteiger partial charge is 0.487 e. The Bertz CT molecular complexity index is 1970. The fourth-order valence-electron chi connectivity index (χ4n) is 6.60. The highest BCUT2D eigenvalue weighted by molar-refractivity contribution is 7.17. The van der Waals surface area contributed by atoms with E-state index in [1.165, 1.54) is 23.5 Å². The molecule has 2 aliphatic heterocycles. The van der Waals surface area contributed by atoms with Crippen LogP contribution in [0, 0.1) is 12.7 Å². The van der Waals surface area contributed by atoms with Crippen molar-refractivity contribution < 1.29 is 23.1 Å². The summed E-state index contributed by atoms with van der Waals surface area (Å²) in [5.74, 6) is 0.351. The molecule has 1 N–H and O–H groups in total. The van der Waals surface area contributed by atoms with Crippen molar-refractivity contribution in [2.24, 2.45) is 0 Å². The number of nitrogens with one attached hydrogen (secondary N) is 1. The molecule has 0 radical (unpaired) electrons. The lowest BCUT2D eigenvalue weighted by Gasteiger charge is -2.16. The summed E-state index contributed by atoms with van der Waals surface area (Å²) < 4.78 is 25.6. The second kappa shape index (κ2) is 10.9. The Morgan fingerprint density at radius 3 is 2.80 bits per heavy atom. The number of halogens is 1. The van der Waals surface area contributed by atoms with Gasteiger partial charge in [-0.2, -0.15) is 0 Å². The fourth-order valence-corrected chi connectivity index (χ4v) is 7.56. The Morgan fingerprint density at radius 2 is 1.98 bits per heavy atom. The molecule has 1 aromatic carbocycles. The van der Waals surface area contributed by atoms with E-state index in [9.17, 15) is 14.0 Å². The van der Waals surface area contributed by atoms with Crippen LogP contribution in [0.25, 0.3) is 21.9 Å². The monoisotopic (exact) mass is 622 g/mol. The van der Waals surface area contributed by atoms with Gasteiger partial charge in [-0.15, -0.1) is 21.5 Å². The molecular formula is C33H27FN6O4S. The average Bonchev–Trinajstić information content (AvgIpc) is 3.88. The Labute approximate surface area is 261 Å². The van der Waals surface area contributed by atoms with Gasteiger partial charge in [-0.25, -0.2) is 4.39 Å². The topological polar surface area (TPSA) is 123 Å². The zero-order valence-corrected chi connectivity index (χ0v) is 25.1. The number of amides is 2. The van der Waals surface area contributed by atoms with Gasteiger partial charge in [-0.05, 0) is 73.7 Å². The highest BCUT2D eigenvalue weighted by Gasteiger charge is 2.45. The SMILES string of the molecule is Cc1nnc(-c2c(COc3ccc(F)cc3)nc3c(c2-c2ccc(C(=O)N[C@H]4CCc5ncccc54)s2)C(=O)N2CCC[C@H]32)o1. The molecule has 8 rings (SSSR count). The first-order valence-electron chi connectivity index (χ1n) is 14.9. The first-order chi connectivity index (χ1) is 21.9.